The van der Waals surface area contributed by atoms with Gasteiger partial charge in [-0.1, -0.05) is 6.07 Å². The van der Waals surface area contributed by atoms with E-state index < -0.39 is 0 Å². The maximum absolute atomic E-state index is 12.4. The number of nitrogens with zero attached hydrogens (tertiary/aromatic N) is 1. The third kappa shape index (κ3) is 4.93. The predicted octanol–water partition coefficient (Wildman–Crippen LogP) is 3.80. The second-order valence-electron chi connectivity index (χ2n) is 4.95. The molecule has 118 valence electrons. The fraction of sp³-hybridized carbons (Fsp3) is 0.333. The van der Waals surface area contributed by atoms with Crippen LogP contribution in [0.25, 0.3) is 0 Å². The Kier molecular flexibility index (Phi) is 6.16. The molecule has 2 aromatic rings. The summed E-state index contributed by atoms with van der Waals surface area (Å²) >= 11 is 6.57. The molecule has 0 spiro atoms. The van der Waals surface area contributed by atoms with Crippen molar-refractivity contribution < 1.29 is 9.59 Å². The van der Waals surface area contributed by atoms with Crippen LogP contribution >= 0.6 is 38.6 Å². The topological polar surface area (TPSA) is 49.4 Å². The third-order valence-corrected chi connectivity index (χ3v) is 5.75. The van der Waals surface area contributed by atoms with Crippen LogP contribution in [0.2, 0.25) is 0 Å². The van der Waals surface area contributed by atoms with Gasteiger partial charge in [-0.15, -0.1) is 22.7 Å². The molecule has 1 unspecified atom stereocenters. The van der Waals surface area contributed by atoms with Crippen LogP contribution in [0, 0.1) is 0 Å². The maximum atomic E-state index is 12.4. The molecular formula is C15H17BrN2O2S2. The van der Waals surface area contributed by atoms with Crippen LogP contribution in [0.4, 0.5) is 0 Å². The van der Waals surface area contributed by atoms with Gasteiger partial charge in [-0.3, -0.25) is 9.59 Å². The number of hydrogen-bond acceptors (Lipinski definition) is 4. The molecule has 4 nitrogen and oxygen atoms in total. The normalized spacial score (nSPS) is 12.0. The van der Waals surface area contributed by atoms with E-state index in [1.54, 1.807) is 34.6 Å². The van der Waals surface area contributed by atoms with Crippen LogP contribution < -0.4 is 5.32 Å². The van der Waals surface area contributed by atoms with Gasteiger partial charge in [-0.2, -0.15) is 0 Å². The number of thiophene rings is 2. The lowest BCUT2D eigenvalue weighted by molar-refractivity contribution is -0.131. The molecule has 0 radical (unpaired) electrons. The second-order valence-corrected chi connectivity index (χ2v) is 7.84. The molecule has 2 heterocycles. The van der Waals surface area contributed by atoms with Gasteiger partial charge in [-0.25, -0.2) is 0 Å². The summed E-state index contributed by atoms with van der Waals surface area (Å²) in [7, 11) is 1.79. The van der Waals surface area contributed by atoms with Crippen molar-refractivity contribution >= 4 is 50.4 Å². The van der Waals surface area contributed by atoms with Gasteiger partial charge in [0.1, 0.15) is 0 Å². The van der Waals surface area contributed by atoms with Gasteiger partial charge in [0.2, 0.25) is 11.8 Å². The molecule has 22 heavy (non-hydrogen) atoms. The fourth-order valence-corrected chi connectivity index (χ4v) is 4.33. The van der Waals surface area contributed by atoms with Gasteiger partial charge < -0.3 is 10.2 Å². The van der Waals surface area contributed by atoms with Crippen LogP contribution in [0.5, 0.6) is 0 Å². The van der Waals surface area contributed by atoms with Crippen molar-refractivity contribution in [3.63, 3.8) is 0 Å². The average Bonchev–Trinajstić information content (AvgIpc) is 3.09. The first-order chi connectivity index (χ1) is 10.5. The van der Waals surface area contributed by atoms with Crippen LogP contribution in [-0.4, -0.2) is 23.8 Å². The highest BCUT2D eigenvalue weighted by molar-refractivity contribution is 9.10. The second kappa shape index (κ2) is 7.89. The summed E-state index contributed by atoms with van der Waals surface area (Å²) in [5.41, 5.74) is 0. The Bertz CT molecular complexity index is 640. The van der Waals surface area contributed by atoms with E-state index in [-0.39, 0.29) is 24.3 Å². The minimum Gasteiger partial charge on any atom is -0.348 e. The van der Waals surface area contributed by atoms with Crippen LogP contribution in [0.15, 0.2) is 33.4 Å². The zero-order valence-corrected chi connectivity index (χ0v) is 15.6. The Labute approximate surface area is 146 Å². The summed E-state index contributed by atoms with van der Waals surface area (Å²) in [5.74, 6) is -0.118. The van der Waals surface area contributed by atoms with Gasteiger partial charge in [0.25, 0.3) is 0 Å². The molecule has 0 bridgehead atoms. The van der Waals surface area contributed by atoms with Crippen molar-refractivity contribution in [3.05, 3.63) is 43.2 Å². The van der Waals surface area contributed by atoms with Gasteiger partial charge in [0, 0.05) is 33.6 Å². The number of nitrogens with one attached hydrogen (secondary N) is 1. The average molecular weight is 401 g/mol. The van der Waals surface area contributed by atoms with Gasteiger partial charge in [-0.05, 0) is 33.4 Å². The monoisotopic (exact) mass is 400 g/mol. The quantitative estimate of drug-likeness (QED) is 0.801. The van der Waals surface area contributed by atoms with Crippen molar-refractivity contribution in [1.29, 1.82) is 0 Å². The van der Waals surface area contributed by atoms with E-state index >= 15 is 0 Å². The molecule has 0 aliphatic rings. The molecule has 0 fully saturated rings. The highest BCUT2D eigenvalue weighted by Gasteiger charge is 2.20. The fourth-order valence-electron chi connectivity index (χ4n) is 2.05. The largest absolute Gasteiger partial charge is 0.348 e. The molecule has 0 aliphatic carbocycles. The van der Waals surface area contributed by atoms with Crippen molar-refractivity contribution in [3.8, 4) is 0 Å². The van der Waals surface area contributed by atoms with Crippen molar-refractivity contribution in [2.75, 3.05) is 7.05 Å². The maximum Gasteiger partial charge on any atom is 0.225 e. The Morgan fingerprint density at radius 3 is 2.73 bits per heavy atom. The van der Waals surface area contributed by atoms with E-state index in [1.807, 2.05) is 29.0 Å². The predicted molar refractivity (Wildman–Crippen MR) is 94.0 cm³/mol. The lowest BCUT2D eigenvalue weighted by Crippen LogP contribution is -2.33. The lowest BCUT2D eigenvalue weighted by Gasteiger charge is -2.21. The molecule has 2 rings (SSSR count). The standard InChI is InChI=1S/C15H17BrN2O2S2/c1-10(19)17-13(14-4-3-5-21-14)7-15(20)18(2)8-12-6-11(16)9-22-12/h3-6,9,13H,7-8H2,1-2H3,(H,17,19). The molecule has 1 atom stereocenters. The summed E-state index contributed by atoms with van der Waals surface area (Å²) in [5, 5.41) is 6.80. The summed E-state index contributed by atoms with van der Waals surface area (Å²) in [6.07, 6.45) is 0.267. The molecule has 7 heteroatoms. The highest BCUT2D eigenvalue weighted by atomic mass is 79.9. The Morgan fingerprint density at radius 2 is 2.18 bits per heavy atom. The first-order valence-corrected chi connectivity index (χ1v) is 9.28. The number of hydrogen-bond donors (Lipinski definition) is 1. The van der Waals surface area contributed by atoms with Crippen LogP contribution in [0.3, 0.4) is 0 Å². The van der Waals surface area contributed by atoms with Crippen LogP contribution in [-0.2, 0) is 16.1 Å². The molecule has 1 N–H and O–H groups in total. The smallest absolute Gasteiger partial charge is 0.225 e. The highest BCUT2D eigenvalue weighted by Crippen LogP contribution is 2.24. The van der Waals surface area contributed by atoms with Gasteiger partial charge in [0.15, 0.2) is 0 Å². The minimum absolute atomic E-state index is 0.0108. The summed E-state index contributed by atoms with van der Waals surface area (Å²) < 4.78 is 1.03. The third-order valence-electron chi connectivity index (χ3n) is 3.08. The molecule has 2 aromatic heterocycles. The Hall–Kier alpha value is -1.18. The van der Waals surface area contributed by atoms with E-state index in [0.717, 1.165) is 14.2 Å². The van der Waals surface area contributed by atoms with E-state index in [4.69, 9.17) is 0 Å². The SMILES string of the molecule is CC(=O)NC(CC(=O)N(C)Cc1cc(Br)cs1)c1cccs1. The van der Waals surface area contributed by atoms with Crippen molar-refractivity contribution in [1.82, 2.24) is 10.2 Å². The Morgan fingerprint density at radius 1 is 1.41 bits per heavy atom. The summed E-state index contributed by atoms with van der Waals surface area (Å²) in [4.78, 5) is 27.6. The first kappa shape index (κ1) is 17.2. The number of rotatable bonds is 6. The van der Waals surface area contributed by atoms with E-state index in [0.29, 0.717) is 6.54 Å². The molecule has 0 saturated heterocycles. The first-order valence-electron chi connectivity index (χ1n) is 6.73. The molecule has 0 saturated carbocycles. The Balaban J connectivity index is 1.99. The van der Waals surface area contributed by atoms with Gasteiger partial charge in [0.05, 0.1) is 19.0 Å². The van der Waals surface area contributed by atoms with E-state index in [9.17, 15) is 9.59 Å². The zero-order chi connectivity index (χ0) is 16.1. The number of amides is 2. The lowest BCUT2D eigenvalue weighted by atomic mass is 10.1. The molecular weight excluding hydrogens is 384 g/mol. The van der Waals surface area contributed by atoms with Crippen molar-refractivity contribution in [2.45, 2.75) is 25.9 Å². The number of carbonyl (C=O) groups excluding carboxylic acids is 2. The zero-order valence-electron chi connectivity index (χ0n) is 12.3. The minimum atomic E-state index is -0.262. The van der Waals surface area contributed by atoms with Crippen LogP contribution in [0.1, 0.15) is 29.1 Å². The van der Waals surface area contributed by atoms with Crippen molar-refractivity contribution in [2.24, 2.45) is 0 Å². The number of carbonyl (C=O) groups is 2. The van der Waals surface area contributed by atoms with E-state index in [2.05, 4.69) is 21.2 Å². The van der Waals surface area contributed by atoms with Gasteiger partial charge >= 0.3 is 0 Å². The summed E-state index contributed by atoms with van der Waals surface area (Å²) in [6, 6.07) is 5.61. The molecule has 0 aliphatic heterocycles. The number of halogens is 1. The molecule has 2 amide bonds. The summed E-state index contributed by atoms with van der Waals surface area (Å²) in [6.45, 7) is 2.05. The van der Waals surface area contributed by atoms with E-state index in [1.165, 1.54) is 6.92 Å². The molecule has 0 aromatic carbocycles.